The van der Waals surface area contributed by atoms with Crippen LogP contribution >= 0.6 is 22.6 Å². The molecule has 1 N–H and O–H groups in total. The molecular formula is C19H21IN2O. The SMILES string of the molecule is O=C(NCc1ccc(N2CCCCC2)cc1)c1ccccc1I. The third kappa shape index (κ3) is 4.25. The van der Waals surface area contributed by atoms with E-state index in [2.05, 4.69) is 57.1 Å². The van der Waals surface area contributed by atoms with Crippen LogP contribution in [0.5, 0.6) is 0 Å². The largest absolute Gasteiger partial charge is 0.372 e. The molecular weight excluding hydrogens is 399 g/mol. The average molecular weight is 420 g/mol. The summed E-state index contributed by atoms with van der Waals surface area (Å²) in [6, 6.07) is 16.2. The van der Waals surface area contributed by atoms with Crippen molar-refractivity contribution in [1.29, 1.82) is 0 Å². The van der Waals surface area contributed by atoms with E-state index < -0.39 is 0 Å². The molecule has 1 aliphatic rings. The molecule has 120 valence electrons. The lowest BCUT2D eigenvalue weighted by Gasteiger charge is -2.28. The molecule has 4 heteroatoms. The van der Waals surface area contributed by atoms with E-state index in [-0.39, 0.29) is 5.91 Å². The maximum Gasteiger partial charge on any atom is 0.252 e. The number of halogens is 1. The summed E-state index contributed by atoms with van der Waals surface area (Å²) in [6.45, 7) is 2.87. The van der Waals surface area contributed by atoms with Gasteiger partial charge in [-0.25, -0.2) is 0 Å². The molecule has 2 aromatic carbocycles. The maximum atomic E-state index is 12.2. The van der Waals surface area contributed by atoms with Crippen LogP contribution in [0.2, 0.25) is 0 Å². The molecule has 1 heterocycles. The molecule has 3 rings (SSSR count). The quantitative estimate of drug-likeness (QED) is 0.752. The highest BCUT2D eigenvalue weighted by molar-refractivity contribution is 14.1. The number of benzene rings is 2. The highest BCUT2D eigenvalue weighted by atomic mass is 127. The Hall–Kier alpha value is -1.56. The molecule has 0 spiro atoms. The van der Waals surface area contributed by atoms with Crippen molar-refractivity contribution in [2.75, 3.05) is 18.0 Å². The summed E-state index contributed by atoms with van der Waals surface area (Å²) < 4.78 is 0.975. The molecule has 0 bridgehead atoms. The van der Waals surface area contributed by atoms with Gasteiger partial charge < -0.3 is 10.2 Å². The van der Waals surface area contributed by atoms with E-state index in [1.807, 2.05) is 24.3 Å². The van der Waals surface area contributed by atoms with E-state index in [1.54, 1.807) is 0 Å². The molecule has 0 atom stereocenters. The Morgan fingerprint density at radius 3 is 2.39 bits per heavy atom. The molecule has 0 unspecified atom stereocenters. The zero-order valence-corrected chi connectivity index (χ0v) is 15.3. The predicted molar refractivity (Wildman–Crippen MR) is 103 cm³/mol. The number of piperidine rings is 1. The average Bonchev–Trinajstić information content (AvgIpc) is 2.61. The van der Waals surface area contributed by atoms with E-state index >= 15 is 0 Å². The van der Waals surface area contributed by atoms with Gasteiger partial charge in [0.15, 0.2) is 0 Å². The number of nitrogens with zero attached hydrogens (tertiary/aromatic N) is 1. The summed E-state index contributed by atoms with van der Waals surface area (Å²) >= 11 is 2.19. The fourth-order valence-electron chi connectivity index (χ4n) is 2.90. The maximum absolute atomic E-state index is 12.2. The van der Waals surface area contributed by atoms with Crippen LogP contribution < -0.4 is 10.2 Å². The number of nitrogens with one attached hydrogen (secondary N) is 1. The Balaban J connectivity index is 1.58. The summed E-state index contributed by atoms with van der Waals surface area (Å²) in [5.74, 6) is -0.0184. The van der Waals surface area contributed by atoms with E-state index in [0.717, 1.165) is 27.8 Å². The zero-order valence-electron chi connectivity index (χ0n) is 13.1. The molecule has 1 fully saturated rings. The second kappa shape index (κ2) is 7.81. The van der Waals surface area contributed by atoms with Gasteiger partial charge in [0.2, 0.25) is 0 Å². The van der Waals surface area contributed by atoms with Crippen molar-refractivity contribution in [2.24, 2.45) is 0 Å². The molecule has 0 saturated carbocycles. The van der Waals surface area contributed by atoms with E-state index in [1.165, 1.54) is 24.9 Å². The lowest BCUT2D eigenvalue weighted by Crippen LogP contribution is -2.29. The van der Waals surface area contributed by atoms with Gasteiger partial charge in [0, 0.05) is 28.9 Å². The normalized spacial score (nSPS) is 14.6. The van der Waals surface area contributed by atoms with Gasteiger partial charge in [-0.05, 0) is 71.7 Å². The van der Waals surface area contributed by atoms with Crippen molar-refractivity contribution in [2.45, 2.75) is 25.8 Å². The van der Waals surface area contributed by atoms with Crippen LogP contribution in [0, 0.1) is 3.57 Å². The van der Waals surface area contributed by atoms with Gasteiger partial charge in [-0.2, -0.15) is 0 Å². The van der Waals surface area contributed by atoms with Crippen molar-refractivity contribution in [3.8, 4) is 0 Å². The lowest BCUT2D eigenvalue weighted by molar-refractivity contribution is 0.0950. The van der Waals surface area contributed by atoms with E-state index in [9.17, 15) is 4.79 Å². The smallest absolute Gasteiger partial charge is 0.252 e. The van der Waals surface area contributed by atoms with Gasteiger partial charge >= 0.3 is 0 Å². The van der Waals surface area contributed by atoms with Gasteiger partial charge in [-0.1, -0.05) is 24.3 Å². The van der Waals surface area contributed by atoms with E-state index in [0.29, 0.717) is 6.54 Å². The highest BCUT2D eigenvalue weighted by Gasteiger charge is 2.11. The highest BCUT2D eigenvalue weighted by Crippen LogP contribution is 2.20. The number of hydrogen-bond donors (Lipinski definition) is 1. The van der Waals surface area contributed by atoms with Crippen LogP contribution in [-0.2, 0) is 6.54 Å². The first-order chi connectivity index (χ1) is 11.2. The number of anilines is 1. The number of amides is 1. The first kappa shape index (κ1) is 16.3. The second-order valence-electron chi connectivity index (χ2n) is 5.88. The Morgan fingerprint density at radius 2 is 1.70 bits per heavy atom. The third-order valence-corrected chi connectivity index (χ3v) is 5.17. The van der Waals surface area contributed by atoms with Crippen molar-refractivity contribution in [3.63, 3.8) is 0 Å². The number of rotatable bonds is 4. The topological polar surface area (TPSA) is 32.3 Å². The minimum Gasteiger partial charge on any atom is -0.372 e. The summed E-state index contributed by atoms with van der Waals surface area (Å²) in [6.07, 6.45) is 3.92. The molecule has 1 saturated heterocycles. The van der Waals surface area contributed by atoms with Gasteiger partial charge in [0.1, 0.15) is 0 Å². The molecule has 23 heavy (non-hydrogen) atoms. The fourth-order valence-corrected chi connectivity index (χ4v) is 3.53. The molecule has 0 radical (unpaired) electrons. The lowest BCUT2D eigenvalue weighted by atomic mass is 10.1. The van der Waals surface area contributed by atoms with Crippen LogP contribution in [0.3, 0.4) is 0 Å². The standard InChI is InChI=1S/C19H21IN2O/c20-18-7-3-2-6-17(18)19(23)21-14-15-8-10-16(11-9-15)22-12-4-1-5-13-22/h2-3,6-11H,1,4-5,12-14H2,(H,21,23). The summed E-state index contributed by atoms with van der Waals surface area (Å²) in [7, 11) is 0. The zero-order chi connectivity index (χ0) is 16.1. The Morgan fingerprint density at radius 1 is 1.00 bits per heavy atom. The van der Waals surface area contributed by atoms with Crippen LogP contribution in [0.15, 0.2) is 48.5 Å². The van der Waals surface area contributed by atoms with Gasteiger partial charge in [-0.3, -0.25) is 4.79 Å². The van der Waals surface area contributed by atoms with Crippen LogP contribution in [-0.4, -0.2) is 19.0 Å². The number of carbonyl (C=O) groups is 1. The molecule has 1 aliphatic heterocycles. The number of carbonyl (C=O) groups excluding carboxylic acids is 1. The van der Waals surface area contributed by atoms with Crippen LogP contribution in [0.25, 0.3) is 0 Å². The van der Waals surface area contributed by atoms with Crippen LogP contribution in [0.1, 0.15) is 35.2 Å². The minimum atomic E-state index is -0.0184. The first-order valence-electron chi connectivity index (χ1n) is 8.10. The Bertz CT molecular complexity index is 663. The van der Waals surface area contributed by atoms with E-state index in [4.69, 9.17) is 0 Å². The summed E-state index contributed by atoms with van der Waals surface area (Å²) in [5.41, 5.74) is 3.15. The second-order valence-corrected chi connectivity index (χ2v) is 7.04. The van der Waals surface area contributed by atoms with Crippen molar-refractivity contribution < 1.29 is 4.79 Å². The monoisotopic (exact) mass is 420 g/mol. The first-order valence-corrected chi connectivity index (χ1v) is 9.18. The molecule has 0 aliphatic carbocycles. The van der Waals surface area contributed by atoms with Gasteiger partial charge in [-0.15, -0.1) is 0 Å². The van der Waals surface area contributed by atoms with Gasteiger partial charge in [0.25, 0.3) is 5.91 Å². The molecule has 2 aromatic rings. The van der Waals surface area contributed by atoms with Crippen molar-refractivity contribution in [1.82, 2.24) is 5.32 Å². The number of hydrogen-bond acceptors (Lipinski definition) is 2. The third-order valence-electron chi connectivity index (χ3n) is 4.23. The predicted octanol–water partition coefficient (Wildman–Crippen LogP) is 4.21. The Labute approximate surface area is 151 Å². The molecule has 3 nitrogen and oxygen atoms in total. The van der Waals surface area contributed by atoms with Crippen molar-refractivity contribution in [3.05, 3.63) is 63.2 Å². The van der Waals surface area contributed by atoms with Gasteiger partial charge in [0.05, 0.1) is 5.56 Å². The summed E-state index contributed by atoms with van der Waals surface area (Å²) in [4.78, 5) is 14.7. The molecule has 0 aromatic heterocycles. The van der Waals surface area contributed by atoms with Crippen LogP contribution in [0.4, 0.5) is 5.69 Å². The Kier molecular flexibility index (Phi) is 5.54. The molecule has 1 amide bonds. The van der Waals surface area contributed by atoms with Crippen molar-refractivity contribution >= 4 is 34.2 Å². The minimum absolute atomic E-state index is 0.0184. The summed E-state index contributed by atoms with van der Waals surface area (Å²) in [5, 5.41) is 3.00. The fraction of sp³-hybridized carbons (Fsp3) is 0.316.